The molecule has 0 spiro atoms. The van der Waals surface area contributed by atoms with Crippen molar-refractivity contribution in [1.82, 2.24) is 72.6 Å². The number of imidazole rings is 4. The third kappa shape index (κ3) is 21.4. The van der Waals surface area contributed by atoms with Gasteiger partial charge in [-0.2, -0.15) is 0 Å². The summed E-state index contributed by atoms with van der Waals surface area (Å²) in [5.41, 5.74) is 21.1. The average Bonchev–Trinajstić information content (AvgIpc) is 1.70. The van der Waals surface area contributed by atoms with Gasteiger partial charge in [0.15, 0.2) is 22.6 Å². The Labute approximate surface area is 768 Å². The largest absolute Gasteiger partial charge is 0.378 e. The fourth-order valence-electron chi connectivity index (χ4n) is 17.4. The lowest BCUT2D eigenvalue weighted by atomic mass is 10.1. The zero-order chi connectivity index (χ0) is 91.7. The number of rotatable bonds is 25. The molecule has 3 fully saturated rings. The number of benzene rings is 5. The molecule has 17 aromatic rings. The number of hydrogen-bond acceptors (Lipinski definition) is 20. The van der Waals surface area contributed by atoms with Gasteiger partial charge in [0.05, 0.1) is 64.4 Å². The zero-order valence-corrected chi connectivity index (χ0v) is 75.0. The Bertz CT molecular complexity index is 7060. The van der Waals surface area contributed by atoms with E-state index >= 15 is 4.39 Å². The van der Waals surface area contributed by atoms with Gasteiger partial charge in [-0.3, -0.25) is 51.4 Å². The number of aromatic amines is 4. The van der Waals surface area contributed by atoms with Gasteiger partial charge in [0, 0.05) is 264 Å². The van der Waals surface area contributed by atoms with E-state index in [9.17, 15) is 24.0 Å². The summed E-state index contributed by atoms with van der Waals surface area (Å²) >= 11 is 0. The number of halogens is 1. The maximum absolute atomic E-state index is 15.0. The normalized spacial score (nSPS) is 13.6. The molecular weight excluding hydrogens is 1670 g/mol. The summed E-state index contributed by atoms with van der Waals surface area (Å²) in [7, 11) is 2.05. The van der Waals surface area contributed by atoms with Crippen LogP contribution in [0.1, 0.15) is 57.3 Å². The van der Waals surface area contributed by atoms with E-state index in [0.29, 0.717) is 41.2 Å². The first-order valence-corrected chi connectivity index (χ1v) is 45.2. The molecule has 1 amide bonds. The van der Waals surface area contributed by atoms with Gasteiger partial charge in [0.25, 0.3) is 5.91 Å². The van der Waals surface area contributed by atoms with E-state index in [2.05, 4.69) is 191 Å². The van der Waals surface area contributed by atoms with E-state index in [0.717, 1.165) is 199 Å². The molecule has 678 valence electrons. The minimum atomic E-state index is -0.238. The molecule has 15 heterocycles. The SMILES string of the molecule is CC(C)N1CCN(c2ccc(Nc3ccc(-c4cc[nH]c(=O)c4)n4ccnc34)cc2F)CC1.CCC(CC)N1CCN(c2ccc(Nc3ccc(-c4cc[nH]c(=O)c4)n4ccnc34)cc2)CC1.CN(CCCNC(=O)c1ccc(Nc2ccc(-c3cc[nH]c(=O)c3)n3ccnc23)cc1)c1ccccc1.O=c1cc(-c2ccc(Nc3ccc(N4CCOCC4)cc3)c3nccn23)cc[nH]1. The summed E-state index contributed by atoms with van der Waals surface area (Å²) in [6.45, 7) is 21.7. The highest BCUT2D eigenvalue weighted by atomic mass is 19.1. The Balaban J connectivity index is 0.000000124. The maximum Gasteiger partial charge on any atom is 0.251 e. The molecule has 9 N–H and O–H groups in total. The molecule has 133 heavy (non-hydrogen) atoms. The van der Waals surface area contributed by atoms with Crippen molar-refractivity contribution in [3.05, 3.63) is 346 Å². The van der Waals surface area contributed by atoms with Gasteiger partial charge < -0.3 is 70.9 Å². The Morgan fingerprint density at radius 3 is 1.17 bits per heavy atom. The lowest BCUT2D eigenvalue weighted by molar-refractivity contribution is 0.0953. The summed E-state index contributed by atoms with van der Waals surface area (Å²) in [6.07, 6.45) is 24.4. The summed E-state index contributed by atoms with van der Waals surface area (Å²) in [5, 5.41) is 16.6. The Kier molecular flexibility index (Phi) is 28.1. The van der Waals surface area contributed by atoms with E-state index in [-0.39, 0.29) is 34.0 Å². The quantitative estimate of drug-likeness (QED) is 0.0240. The number of hydrogen-bond donors (Lipinski definition) is 9. The molecule has 5 aromatic carbocycles. The van der Waals surface area contributed by atoms with Gasteiger partial charge in [-0.1, -0.05) is 32.0 Å². The van der Waals surface area contributed by atoms with Crippen molar-refractivity contribution in [3.8, 4) is 45.0 Å². The fraction of sp³-hybridized carbons (Fsp3) is 0.233. The van der Waals surface area contributed by atoms with Crippen LogP contribution < -0.4 is 68.4 Å². The van der Waals surface area contributed by atoms with Crippen LogP contribution >= 0.6 is 0 Å². The number of anilines is 12. The molecule has 0 atom stereocenters. The molecule has 20 rings (SSSR count). The average molecular weight is 1780 g/mol. The molecule has 12 aromatic heterocycles. The van der Waals surface area contributed by atoms with Crippen molar-refractivity contribution < 1.29 is 13.9 Å². The molecule has 0 saturated carbocycles. The van der Waals surface area contributed by atoms with Gasteiger partial charge >= 0.3 is 0 Å². The van der Waals surface area contributed by atoms with E-state index in [4.69, 9.17) is 4.74 Å². The minimum Gasteiger partial charge on any atom is -0.378 e. The van der Waals surface area contributed by atoms with E-state index in [1.807, 2.05) is 158 Å². The summed E-state index contributed by atoms with van der Waals surface area (Å²) in [6, 6.07) is 70.6. The Hall–Kier alpha value is -15.7. The van der Waals surface area contributed by atoms with E-state index < -0.39 is 0 Å². The lowest BCUT2D eigenvalue weighted by Gasteiger charge is -2.39. The maximum atomic E-state index is 15.0. The predicted molar refractivity (Wildman–Crippen MR) is 531 cm³/mol. The Morgan fingerprint density at radius 2 is 0.789 bits per heavy atom. The van der Waals surface area contributed by atoms with Gasteiger partial charge in [-0.05, 0) is 209 Å². The number of fused-ring (bicyclic) bond motifs is 4. The third-order valence-electron chi connectivity index (χ3n) is 24.5. The molecule has 0 radical (unpaired) electrons. The van der Waals surface area contributed by atoms with Crippen LogP contribution in [-0.2, 0) is 4.74 Å². The second kappa shape index (κ2) is 41.8. The molecule has 0 bridgehead atoms. The number of amides is 1. The summed E-state index contributed by atoms with van der Waals surface area (Å²) < 4.78 is 28.3. The standard InChI is InChI=1S/C29H28N6O2.C27H32N6O.C25H27FN6O.C22H21N5O2/c1-34(24-6-3-2-4-7-24)18-5-15-32-29(37)21-8-10-23(11-9-21)33-25-12-13-26(35-19-17-31-28(25)35)22-14-16-30-27(36)20-22;1-3-22(4-2)31-15-17-32(18-16-31)23-7-5-21(6-8-23)30-24-9-10-25(33-14-13-29-27(24)33)20-11-12-28-26(34)19-20;1-17(2)30-11-13-31(14-12-30)23-5-3-19(16-20(23)26)29-21-4-6-22(32-10-9-28-25(21)32)18-7-8-27-24(33)15-18;28-21-15-16(7-8-23-21)20-6-5-19(22-24-9-10-27(20)22)25-17-1-3-18(4-2-17)26-11-13-29-14-12-26/h2-4,6-14,16-17,19-20,33H,5,15,18H2,1H3,(H,30,36)(H,32,37);5-14,19,22,30H,3-4,15-18H2,1-2H3,(H,28,34);3-10,15-17,29H,11-14H2,1-2H3,(H,27,33);1-10,15,25H,11-14H2,(H,23,28). The van der Waals surface area contributed by atoms with Crippen LogP contribution in [0.5, 0.6) is 0 Å². The second-order valence-corrected chi connectivity index (χ2v) is 33.2. The first-order valence-electron chi connectivity index (χ1n) is 45.2. The fourth-order valence-corrected chi connectivity index (χ4v) is 17.4. The number of aromatic nitrogens is 12. The van der Waals surface area contributed by atoms with Crippen molar-refractivity contribution in [2.24, 2.45) is 0 Å². The monoisotopic (exact) mass is 1780 g/mol. The number of morpholine rings is 1. The molecule has 30 heteroatoms. The number of carbonyl (C=O) groups excluding carboxylic acids is 1. The first-order chi connectivity index (χ1) is 65.0. The molecule has 29 nitrogen and oxygen atoms in total. The van der Waals surface area contributed by atoms with Crippen LogP contribution in [0.25, 0.3) is 67.6 Å². The van der Waals surface area contributed by atoms with Crippen LogP contribution in [0.4, 0.5) is 72.6 Å². The van der Waals surface area contributed by atoms with Crippen molar-refractivity contribution >= 4 is 96.7 Å². The van der Waals surface area contributed by atoms with Crippen LogP contribution in [0.3, 0.4) is 0 Å². The zero-order valence-electron chi connectivity index (χ0n) is 75.0. The van der Waals surface area contributed by atoms with Gasteiger partial charge in [-0.15, -0.1) is 0 Å². The van der Waals surface area contributed by atoms with Crippen molar-refractivity contribution in [2.45, 2.75) is 59.0 Å². The van der Waals surface area contributed by atoms with Crippen LogP contribution in [-0.4, -0.2) is 184 Å². The highest BCUT2D eigenvalue weighted by Crippen LogP contribution is 2.35. The van der Waals surface area contributed by atoms with Gasteiger partial charge in [-0.25, -0.2) is 24.3 Å². The lowest BCUT2D eigenvalue weighted by Crippen LogP contribution is -2.50. The van der Waals surface area contributed by atoms with Gasteiger partial charge in [0.1, 0.15) is 5.82 Å². The van der Waals surface area contributed by atoms with E-state index in [1.165, 1.54) is 30.3 Å². The molecular formula is C103H108FN23O6. The van der Waals surface area contributed by atoms with Crippen LogP contribution in [0, 0.1) is 5.82 Å². The number of H-pyrrole nitrogens is 4. The summed E-state index contributed by atoms with van der Waals surface area (Å²) in [5.74, 6) is -0.329. The summed E-state index contributed by atoms with van der Waals surface area (Å²) in [4.78, 5) is 102. The molecule has 0 unspecified atom stereocenters. The Morgan fingerprint density at radius 1 is 0.421 bits per heavy atom. The second-order valence-electron chi connectivity index (χ2n) is 33.2. The van der Waals surface area contributed by atoms with Crippen LogP contribution in [0.15, 0.2) is 312 Å². The number of pyridine rings is 8. The first kappa shape index (κ1) is 89.3. The van der Waals surface area contributed by atoms with Gasteiger partial charge in [0.2, 0.25) is 22.2 Å². The number of nitrogens with zero attached hydrogens (tertiary/aromatic N) is 14. The molecule has 3 saturated heterocycles. The van der Waals surface area contributed by atoms with Crippen molar-refractivity contribution in [2.75, 3.05) is 140 Å². The number of carbonyl (C=O) groups is 1. The van der Waals surface area contributed by atoms with Crippen molar-refractivity contribution in [1.29, 1.82) is 0 Å². The van der Waals surface area contributed by atoms with E-state index in [1.54, 1.807) is 86.0 Å². The smallest absolute Gasteiger partial charge is 0.251 e. The number of ether oxygens (including phenoxy) is 1. The van der Waals surface area contributed by atoms with Crippen molar-refractivity contribution in [3.63, 3.8) is 0 Å². The number of piperazine rings is 2. The predicted octanol–water partition coefficient (Wildman–Crippen LogP) is 16.8. The molecule has 3 aliphatic heterocycles. The number of para-hydroxylation sites is 1. The highest BCUT2D eigenvalue weighted by Gasteiger charge is 2.25. The topological polar surface area (TPSA) is 307 Å². The highest BCUT2D eigenvalue weighted by molar-refractivity contribution is 5.95. The number of nitrogens with one attached hydrogen (secondary N) is 9. The molecule has 0 aliphatic carbocycles. The molecule has 3 aliphatic rings. The minimum absolute atomic E-state index is 0.0910. The van der Waals surface area contributed by atoms with Crippen LogP contribution in [0.2, 0.25) is 0 Å². The third-order valence-corrected chi connectivity index (χ3v) is 24.5.